The minimum atomic E-state index is -0.559. The summed E-state index contributed by atoms with van der Waals surface area (Å²) in [6, 6.07) is 9.31. The zero-order chi connectivity index (χ0) is 20.4. The van der Waals surface area contributed by atoms with Crippen LogP contribution in [0, 0.1) is 10.1 Å². The number of ether oxygens (including phenoxy) is 1. The second-order valence-electron chi connectivity index (χ2n) is 5.81. The number of para-hydroxylation sites is 1. The van der Waals surface area contributed by atoms with E-state index in [1.165, 1.54) is 36.1 Å². The van der Waals surface area contributed by atoms with Gasteiger partial charge in [0.1, 0.15) is 23.8 Å². The van der Waals surface area contributed by atoms with Crippen molar-refractivity contribution in [1.29, 1.82) is 0 Å². The molecule has 2 heterocycles. The SMILES string of the molecule is COC(=O)CN1C(=S)N(C)C(=O)/C1=C/c1ccc(-c2ccccc2[N+](=O)[O-])o1. The van der Waals surface area contributed by atoms with Crippen LogP contribution < -0.4 is 0 Å². The van der Waals surface area contributed by atoms with Crippen LogP contribution in [0.15, 0.2) is 46.5 Å². The maximum Gasteiger partial charge on any atom is 0.325 e. The van der Waals surface area contributed by atoms with Crippen molar-refractivity contribution in [2.45, 2.75) is 0 Å². The van der Waals surface area contributed by atoms with Crippen molar-refractivity contribution in [3.05, 3.63) is 58.0 Å². The number of esters is 1. The maximum atomic E-state index is 12.5. The fourth-order valence-electron chi connectivity index (χ4n) is 2.70. The van der Waals surface area contributed by atoms with E-state index in [2.05, 4.69) is 4.74 Å². The van der Waals surface area contributed by atoms with Gasteiger partial charge in [-0.2, -0.15) is 0 Å². The lowest BCUT2D eigenvalue weighted by molar-refractivity contribution is -0.384. The molecule has 0 bridgehead atoms. The molecule has 144 valence electrons. The summed E-state index contributed by atoms with van der Waals surface area (Å²) in [7, 11) is 2.73. The normalized spacial score (nSPS) is 15.4. The molecule has 1 aliphatic heterocycles. The van der Waals surface area contributed by atoms with Crippen LogP contribution in [-0.2, 0) is 14.3 Å². The first-order valence-electron chi connectivity index (χ1n) is 8.05. The van der Waals surface area contributed by atoms with Gasteiger partial charge >= 0.3 is 5.97 Å². The minimum absolute atomic E-state index is 0.0961. The third kappa shape index (κ3) is 3.49. The van der Waals surface area contributed by atoms with Crippen molar-refractivity contribution in [3.63, 3.8) is 0 Å². The Morgan fingerprint density at radius 3 is 2.71 bits per heavy atom. The molecule has 0 saturated carbocycles. The monoisotopic (exact) mass is 401 g/mol. The van der Waals surface area contributed by atoms with Gasteiger partial charge < -0.3 is 14.1 Å². The first-order chi connectivity index (χ1) is 13.3. The third-order valence-corrected chi connectivity index (χ3v) is 4.61. The molecule has 0 N–H and O–H groups in total. The minimum Gasteiger partial charge on any atom is -0.468 e. The Hall–Kier alpha value is -3.53. The highest BCUT2D eigenvalue weighted by atomic mass is 32.1. The topological polar surface area (TPSA) is 106 Å². The largest absolute Gasteiger partial charge is 0.468 e. The molecule has 1 aromatic carbocycles. The zero-order valence-corrected chi connectivity index (χ0v) is 15.8. The molecule has 9 nitrogen and oxygen atoms in total. The van der Waals surface area contributed by atoms with Gasteiger partial charge in [-0.25, -0.2) is 0 Å². The quantitative estimate of drug-likeness (QED) is 0.247. The summed E-state index contributed by atoms with van der Waals surface area (Å²) in [6.07, 6.45) is 1.43. The summed E-state index contributed by atoms with van der Waals surface area (Å²) < 4.78 is 10.3. The van der Waals surface area contributed by atoms with E-state index in [9.17, 15) is 19.7 Å². The van der Waals surface area contributed by atoms with Gasteiger partial charge in [-0.3, -0.25) is 24.6 Å². The van der Waals surface area contributed by atoms with Gasteiger partial charge in [-0.15, -0.1) is 0 Å². The molecule has 0 spiro atoms. The Morgan fingerprint density at radius 2 is 2.04 bits per heavy atom. The van der Waals surface area contributed by atoms with Crippen LogP contribution in [-0.4, -0.2) is 52.4 Å². The maximum absolute atomic E-state index is 12.5. The van der Waals surface area contributed by atoms with Gasteiger partial charge in [-0.1, -0.05) is 12.1 Å². The van der Waals surface area contributed by atoms with E-state index in [0.29, 0.717) is 5.56 Å². The number of benzene rings is 1. The van der Waals surface area contributed by atoms with Crippen molar-refractivity contribution in [2.75, 3.05) is 20.7 Å². The van der Waals surface area contributed by atoms with Crippen molar-refractivity contribution >= 4 is 41.0 Å². The predicted octanol–water partition coefficient (Wildman–Crippen LogP) is 2.43. The number of carbonyl (C=O) groups excluding carboxylic acids is 2. The molecular weight excluding hydrogens is 386 g/mol. The van der Waals surface area contributed by atoms with E-state index in [1.54, 1.807) is 30.3 Å². The molecular formula is C18H15N3O6S. The van der Waals surface area contributed by atoms with Crippen molar-refractivity contribution in [3.8, 4) is 11.3 Å². The van der Waals surface area contributed by atoms with Gasteiger partial charge in [0.25, 0.3) is 11.6 Å². The highest BCUT2D eigenvalue weighted by molar-refractivity contribution is 7.80. The number of hydrogen-bond acceptors (Lipinski definition) is 7. The number of nitro groups is 1. The number of nitrogens with zero attached hydrogens (tertiary/aromatic N) is 3. The number of likely N-dealkylation sites (N-methyl/N-ethyl adjacent to an activating group) is 1. The van der Waals surface area contributed by atoms with Crippen LogP contribution in [0.2, 0.25) is 0 Å². The summed E-state index contributed by atoms with van der Waals surface area (Å²) in [5.74, 6) is -0.404. The van der Waals surface area contributed by atoms with Crippen molar-refractivity contribution < 1.29 is 23.7 Å². The van der Waals surface area contributed by atoms with Crippen LogP contribution in [0.5, 0.6) is 0 Å². The summed E-state index contributed by atoms with van der Waals surface area (Å²) in [5.41, 5.74) is 0.358. The molecule has 28 heavy (non-hydrogen) atoms. The fraction of sp³-hybridized carbons (Fsp3) is 0.167. The van der Waals surface area contributed by atoms with E-state index in [4.69, 9.17) is 16.6 Å². The number of nitro benzene ring substituents is 1. The molecule has 10 heteroatoms. The third-order valence-electron chi connectivity index (χ3n) is 4.12. The second kappa shape index (κ2) is 7.61. The van der Waals surface area contributed by atoms with Crippen LogP contribution in [0.1, 0.15) is 5.76 Å². The number of furan rings is 1. The van der Waals surface area contributed by atoms with Gasteiger partial charge in [0.05, 0.1) is 17.6 Å². The van der Waals surface area contributed by atoms with E-state index >= 15 is 0 Å². The fourth-order valence-corrected chi connectivity index (χ4v) is 2.94. The standard InChI is InChI=1S/C18H15N3O6S/c1-19-17(23)14(20(18(19)28)10-16(22)26-2)9-11-7-8-15(27-11)12-5-3-4-6-13(12)21(24)25/h3-9H,10H2,1-2H3/b14-9-. The average molecular weight is 401 g/mol. The second-order valence-corrected chi connectivity index (χ2v) is 6.18. The van der Waals surface area contributed by atoms with E-state index in [1.807, 2.05) is 0 Å². The molecule has 0 atom stereocenters. The van der Waals surface area contributed by atoms with E-state index < -0.39 is 16.8 Å². The molecule has 3 rings (SSSR count). The van der Waals surface area contributed by atoms with E-state index in [-0.39, 0.29) is 34.6 Å². The molecule has 0 unspecified atom stereocenters. The van der Waals surface area contributed by atoms with Crippen LogP contribution in [0.25, 0.3) is 17.4 Å². The van der Waals surface area contributed by atoms with Crippen molar-refractivity contribution in [2.24, 2.45) is 0 Å². The van der Waals surface area contributed by atoms with Crippen LogP contribution in [0.4, 0.5) is 5.69 Å². The molecule has 1 saturated heterocycles. The van der Waals surface area contributed by atoms with Gasteiger partial charge in [0.2, 0.25) is 0 Å². The summed E-state index contributed by atoms with van der Waals surface area (Å²) in [6.45, 7) is -0.227. The number of methoxy groups -OCH3 is 1. The van der Waals surface area contributed by atoms with Gasteiger partial charge in [0.15, 0.2) is 5.11 Å². The average Bonchev–Trinajstić information content (AvgIpc) is 3.23. The van der Waals surface area contributed by atoms with Gasteiger partial charge in [-0.05, 0) is 30.4 Å². The number of carbonyl (C=O) groups is 2. The lowest BCUT2D eigenvalue weighted by atomic mass is 10.1. The molecule has 1 aromatic heterocycles. The van der Waals surface area contributed by atoms with E-state index in [0.717, 1.165) is 0 Å². The molecule has 1 amide bonds. The first-order valence-corrected chi connectivity index (χ1v) is 8.46. The van der Waals surface area contributed by atoms with Crippen molar-refractivity contribution in [1.82, 2.24) is 9.80 Å². The van der Waals surface area contributed by atoms with Crippen LogP contribution in [0.3, 0.4) is 0 Å². The number of rotatable bonds is 5. The Kier molecular flexibility index (Phi) is 5.23. The molecule has 0 aliphatic carbocycles. The Labute approximate surface area is 164 Å². The number of amides is 1. The number of hydrogen-bond donors (Lipinski definition) is 0. The smallest absolute Gasteiger partial charge is 0.325 e. The summed E-state index contributed by atoms with van der Waals surface area (Å²) >= 11 is 5.20. The highest BCUT2D eigenvalue weighted by Gasteiger charge is 2.37. The molecule has 1 fully saturated rings. The first kappa shape index (κ1) is 19.2. The lowest BCUT2D eigenvalue weighted by Gasteiger charge is -2.16. The lowest BCUT2D eigenvalue weighted by Crippen LogP contribution is -2.33. The highest BCUT2D eigenvalue weighted by Crippen LogP contribution is 2.32. The summed E-state index contributed by atoms with van der Waals surface area (Å²) in [5, 5.41) is 11.4. The Balaban J connectivity index is 1.97. The summed E-state index contributed by atoms with van der Waals surface area (Å²) in [4.78, 5) is 37.4. The Morgan fingerprint density at radius 1 is 1.32 bits per heavy atom. The van der Waals surface area contributed by atoms with Crippen LogP contribution >= 0.6 is 12.2 Å². The Bertz CT molecular complexity index is 1010. The predicted molar refractivity (Wildman–Crippen MR) is 103 cm³/mol. The molecule has 1 aliphatic rings. The molecule has 0 radical (unpaired) electrons. The number of thiocarbonyl (C=S) groups is 1. The van der Waals surface area contributed by atoms with Gasteiger partial charge in [0, 0.05) is 19.2 Å². The molecule has 2 aromatic rings. The zero-order valence-electron chi connectivity index (χ0n) is 14.9.